The lowest BCUT2D eigenvalue weighted by Gasteiger charge is -2.16. The van der Waals surface area contributed by atoms with Gasteiger partial charge in [0.2, 0.25) is 23.6 Å². The number of ketones is 3. The summed E-state index contributed by atoms with van der Waals surface area (Å²) in [6.45, 7) is 2.37. The minimum absolute atomic E-state index is 0.00812. The number of carbonyl (C=O) groups excluding carboxylic acids is 7. The number of rotatable bonds is 53. The van der Waals surface area contributed by atoms with E-state index in [4.69, 9.17) is 33.9 Å². The zero-order chi connectivity index (χ0) is 59.3. The molecule has 1 rings (SSSR count). The van der Waals surface area contributed by atoms with Crippen LogP contribution in [0.25, 0.3) is 0 Å². The minimum Gasteiger partial charge on any atom is -0.494 e. The Kier molecular flexibility index (Phi) is 40.6. The van der Waals surface area contributed by atoms with E-state index in [0.717, 1.165) is 38.5 Å². The number of unbranched alkanes of at least 4 members (excludes halogenated alkanes) is 7. The molecule has 9 N–H and O–H groups in total. The predicted molar refractivity (Wildman–Crippen MR) is 287 cm³/mol. The van der Waals surface area contributed by atoms with Crippen LogP contribution in [-0.4, -0.2) is 182 Å². The number of aliphatic hydroxyl groups is 1. The van der Waals surface area contributed by atoms with Gasteiger partial charge in [0.05, 0.1) is 51.1 Å². The van der Waals surface area contributed by atoms with Gasteiger partial charge < -0.3 is 70.5 Å². The van der Waals surface area contributed by atoms with Crippen LogP contribution in [0.1, 0.15) is 152 Å². The Balaban J connectivity index is 2.07. The van der Waals surface area contributed by atoms with Crippen molar-refractivity contribution in [3.8, 4) is 5.75 Å². The normalized spacial score (nSPS) is 12.5. The van der Waals surface area contributed by atoms with Gasteiger partial charge >= 0.3 is 23.9 Å². The summed E-state index contributed by atoms with van der Waals surface area (Å²) in [7, 11) is 0. The van der Waals surface area contributed by atoms with Gasteiger partial charge in [0.15, 0.2) is 11.6 Å². The van der Waals surface area contributed by atoms with Crippen molar-refractivity contribution in [3.05, 3.63) is 29.8 Å². The maximum absolute atomic E-state index is 12.5. The molecule has 0 aliphatic heterocycles. The fraction of sp³-hybridized carbons (Fsp3) is 0.691. The van der Waals surface area contributed by atoms with Crippen LogP contribution in [0.5, 0.6) is 5.75 Å². The molecule has 0 aromatic heterocycles. The van der Waals surface area contributed by atoms with Gasteiger partial charge in [-0.25, -0.2) is 14.4 Å². The number of hydrogen-bond donors (Lipinski definition) is 9. The molecule has 0 heterocycles. The summed E-state index contributed by atoms with van der Waals surface area (Å²) in [5, 5.41) is 56.8. The largest absolute Gasteiger partial charge is 0.494 e. The van der Waals surface area contributed by atoms with E-state index in [9.17, 15) is 68.1 Å². The molecule has 0 aliphatic rings. The molecule has 1 aromatic carbocycles. The molecule has 0 bridgehead atoms. The molecule has 0 fully saturated rings. The summed E-state index contributed by atoms with van der Waals surface area (Å²) >= 11 is 0. The Morgan fingerprint density at radius 1 is 0.463 bits per heavy atom. The van der Waals surface area contributed by atoms with E-state index in [2.05, 4.69) is 21.3 Å². The van der Waals surface area contributed by atoms with Crippen LogP contribution in [-0.2, 0) is 66.9 Å². The standard InChI is InChI=1S/C55H86N4O21/c1-2-39(47(63)36-60)13-9-10-26-56-48(64)25-23-46(55(74)75)59-50(66)24-18-41(53(70)71)35-43(62)37-78-33-32-77-30-27-57-51(67)38-79-34-31-76-28-12-14-42(61)19-22-45(54(72)73)58-49(65)15-8-6-4-3-5-7-11-29-80-44-20-16-40(17-21-44)52(68)69/h16-17,20-21,39,41,45-46,60H,2-15,18-19,22-38H2,1H3,(H,56,64)(H,57,67)(H,58,65)(H,59,66)(H,68,69)(H,70,71)(H,72,73)(H,74,75)/t39-,41+,45-,46-/m0/s1. The van der Waals surface area contributed by atoms with Gasteiger partial charge in [0.1, 0.15) is 43.4 Å². The van der Waals surface area contributed by atoms with Gasteiger partial charge in [-0.3, -0.25) is 38.4 Å². The quantitative estimate of drug-likeness (QED) is 0.0422. The number of aliphatic hydroxyl groups excluding tert-OH is 1. The number of amides is 4. The van der Waals surface area contributed by atoms with Crippen LogP contribution in [0.3, 0.4) is 0 Å². The van der Waals surface area contributed by atoms with Crippen LogP contribution in [0, 0.1) is 11.8 Å². The molecule has 0 unspecified atom stereocenters. The molecule has 25 heteroatoms. The van der Waals surface area contributed by atoms with Gasteiger partial charge in [-0.15, -0.1) is 0 Å². The summed E-state index contributed by atoms with van der Waals surface area (Å²) in [5.74, 6) is -8.65. The Morgan fingerprint density at radius 3 is 1.64 bits per heavy atom. The highest BCUT2D eigenvalue weighted by Crippen LogP contribution is 2.17. The molecule has 80 heavy (non-hydrogen) atoms. The van der Waals surface area contributed by atoms with Gasteiger partial charge in [-0.2, -0.15) is 0 Å². The summed E-state index contributed by atoms with van der Waals surface area (Å²) in [6.07, 6.45) is 7.84. The van der Waals surface area contributed by atoms with Crippen molar-refractivity contribution < 1.29 is 102 Å². The minimum atomic E-state index is -1.40. The fourth-order valence-electron chi connectivity index (χ4n) is 7.89. The van der Waals surface area contributed by atoms with Crippen molar-refractivity contribution in [1.29, 1.82) is 0 Å². The molecule has 0 saturated carbocycles. The van der Waals surface area contributed by atoms with E-state index >= 15 is 0 Å². The molecule has 0 saturated heterocycles. The Labute approximate surface area is 467 Å². The number of carboxylic acid groups (broad SMARTS) is 4. The summed E-state index contributed by atoms with van der Waals surface area (Å²) in [5.41, 5.74) is 0.202. The van der Waals surface area contributed by atoms with Crippen molar-refractivity contribution in [1.82, 2.24) is 21.3 Å². The number of carbonyl (C=O) groups is 11. The van der Waals surface area contributed by atoms with Crippen LogP contribution in [0.4, 0.5) is 0 Å². The monoisotopic (exact) mass is 1140 g/mol. The smallest absolute Gasteiger partial charge is 0.335 e. The second kappa shape index (κ2) is 45.3. The third kappa shape index (κ3) is 37.5. The first-order valence-corrected chi connectivity index (χ1v) is 27.6. The summed E-state index contributed by atoms with van der Waals surface area (Å²) < 4.78 is 27.0. The lowest BCUT2D eigenvalue weighted by atomic mass is 9.95. The van der Waals surface area contributed by atoms with E-state index in [1.54, 1.807) is 12.1 Å². The maximum atomic E-state index is 12.5. The number of ether oxygens (including phenoxy) is 5. The number of hydrogen-bond acceptors (Lipinski definition) is 17. The molecular formula is C55H86N4O21. The Morgan fingerprint density at radius 2 is 1.02 bits per heavy atom. The molecule has 0 spiro atoms. The first kappa shape index (κ1) is 71.6. The van der Waals surface area contributed by atoms with Crippen LogP contribution < -0.4 is 26.0 Å². The van der Waals surface area contributed by atoms with Crippen molar-refractivity contribution in [2.24, 2.45) is 11.8 Å². The molecule has 1 aromatic rings. The molecule has 452 valence electrons. The van der Waals surface area contributed by atoms with Gasteiger partial charge in [-0.1, -0.05) is 45.4 Å². The van der Waals surface area contributed by atoms with Gasteiger partial charge in [-0.05, 0) is 82.1 Å². The second-order valence-corrected chi connectivity index (χ2v) is 19.1. The van der Waals surface area contributed by atoms with Crippen LogP contribution in [0.2, 0.25) is 0 Å². The fourth-order valence-corrected chi connectivity index (χ4v) is 7.89. The van der Waals surface area contributed by atoms with Crippen molar-refractivity contribution in [2.45, 2.75) is 154 Å². The number of carboxylic acids is 4. The Bertz CT molecular complexity index is 2040. The number of aromatic carboxylic acids is 1. The molecule has 0 aliphatic carbocycles. The van der Waals surface area contributed by atoms with E-state index in [0.29, 0.717) is 57.4 Å². The molecule has 25 nitrogen and oxygen atoms in total. The molecular weight excluding hydrogens is 1050 g/mol. The summed E-state index contributed by atoms with van der Waals surface area (Å²) in [4.78, 5) is 132. The van der Waals surface area contributed by atoms with E-state index in [1.807, 2.05) is 6.92 Å². The highest BCUT2D eigenvalue weighted by Gasteiger charge is 2.26. The van der Waals surface area contributed by atoms with Crippen LogP contribution in [0.15, 0.2) is 24.3 Å². The molecule has 4 atom stereocenters. The lowest BCUT2D eigenvalue weighted by Crippen LogP contribution is -2.42. The maximum Gasteiger partial charge on any atom is 0.335 e. The van der Waals surface area contributed by atoms with Crippen molar-refractivity contribution in [2.75, 3.05) is 79.2 Å². The SMILES string of the molecule is CC[C@@H](CCCCNC(=O)CC[C@H](NC(=O)CC[C@H](CC(=O)COCCOCCNC(=O)COCCOCCCC(=O)CC[C@H](NC(=O)CCCCCCCCCOc1ccc(C(=O)O)cc1)C(=O)O)C(=O)O)C(=O)O)C(=O)CO. The number of aliphatic carboxylic acids is 3. The van der Waals surface area contributed by atoms with Gasteiger partial charge in [0, 0.05) is 64.1 Å². The lowest BCUT2D eigenvalue weighted by molar-refractivity contribution is -0.145. The first-order chi connectivity index (χ1) is 38.4. The molecule has 4 amide bonds. The highest BCUT2D eigenvalue weighted by atomic mass is 16.5. The second-order valence-electron chi connectivity index (χ2n) is 19.1. The van der Waals surface area contributed by atoms with E-state index in [-0.39, 0.29) is 133 Å². The third-order valence-corrected chi connectivity index (χ3v) is 12.6. The van der Waals surface area contributed by atoms with E-state index < -0.39 is 85.0 Å². The number of nitrogens with one attached hydrogen (secondary N) is 4. The average molecular weight is 1140 g/mol. The predicted octanol–water partition coefficient (Wildman–Crippen LogP) is 3.43. The zero-order valence-corrected chi connectivity index (χ0v) is 46.2. The van der Waals surface area contributed by atoms with Crippen molar-refractivity contribution in [3.63, 3.8) is 0 Å². The zero-order valence-electron chi connectivity index (χ0n) is 46.2. The molecule has 0 radical (unpaired) electrons. The van der Waals surface area contributed by atoms with Gasteiger partial charge in [0.25, 0.3) is 0 Å². The number of Topliss-reactive ketones (excluding diaryl/α,β-unsaturated/α-hetero) is 3. The topological polar surface area (TPSA) is 383 Å². The number of benzene rings is 1. The third-order valence-electron chi connectivity index (χ3n) is 12.6. The van der Waals surface area contributed by atoms with Crippen molar-refractivity contribution >= 4 is 64.9 Å². The first-order valence-electron chi connectivity index (χ1n) is 27.6. The van der Waals surface area contributed by atoms with Crippen LogP contribution >= 0.6 is 0 Å². The Hall–Kier alpha value is -6.41. The highest BCUT2D eigenvalue weighted by molar-refractivity contribution is 5.88. The van der Waals surface area contributed by atoms with E-state index in [1.165, 1.54) is 12.1 Å². The summed E-state index contributed by atoms with van der Waals surface area (Å²) in [6, 6.07) is 3.69. The average Bonchev–Trinajstić information content (AvgIpc) is 3.42.